The van der Waals surface area contributed by atoms with Crippen molar-refractivity contribution >= 4 is 45.4 Å². The fraction of sp³-hybridized carbons (Fsp3) is 0.882. The molecule has 0 radical (unpaired) electrons. The summed E-state index contributed by atoms with van der Waals surface area (Å²) in [6, 6.07) is 0. The van der Waals surface area contributed by atoms with Crippen molar-refractivity contribution < 1.29 is 0 Å². The largest absolute Gasteiger partial charge is 0.350 e. The molecule has 0 spiro atoms. The van der Waals surface area contributed by atoms with Crippen LogP contribution in [0.15, 0.2) is 10.2 Å². The van der Waals surface area contributed by atoms with Crippen LogP contribution in [0.25, 0.3) is 0 Å². The molecule has 0 aromatic heterocycles. The number of hydrogen-bond donors (Lipinski definition) is 0. The minimum atomic E-state index is -1.38. The zero-order chi connectivity index (χ0) is 20.1. The smallest absolute Gasteiger partial charge is 0.158 e. The van der Waals surface area contributed by atoms with Crippen LogP contribution < -0.4 is 0 Å². The first-order chi connectivity index (χ1) is 11.0. The molecule has 8 heteroatoms. The molecule has 148 valence electrons. The Morgan fingerprint density at radius 2 is 0.760 bits per heavy atom. The fourth-order valence-corrected chi connectivity index (χ4v) is 21.1. The van der Waals surface area contributed by atoms with Crippen molar-refractivity contribution in [3.8, 4) is 0 Å². The Kier molecular flexibility index (Phi) is 9.07. The van der Waals surface area contributed by atoms with Gasteiger partial charge in [-0.1, -0.05) is 78.6 Å². The van der Waals surface area contributed by atoms with Gasteiger partial charge in [0, 0.05) is 12.4 Å². The lowest BCUT2D eigenvalue weighted by atomic mass is 10.3. The molecule has 0 aliphatic rings. The van der Waals surface area contributed by atoms with Gasteiger partial charge in [0.2, 0.25) is 0 Å². The van der Waals surface area contributed by atoms with Crippen molar-refractivity contribution in [2.24, 2.45) is 10.2 Å². The molecule has 0 atom stereocenters. The average molecular weight is 417 g/mol. The Balaban J connectivity index is 4.59. The van der Waals surface area contributed by atoms with E-state index in [4.69, 9.17) is 10.2 Å². The lowest BCUT2D eigenvalue weighted by Crippen LogP contribution is -2.55. The van der Waals surface area contributed by atoms with Crippen LogP contribution in [-0.4, -0.2) is 54.1 Å². The van der Waals surface area contributed by atoms with Gasteiger partial charge in [0.1, 0.15) is 0 Å². The zero-order valence-electron chi connectivity index (χ0n) is 19.1. The van der Waals surface area contributed by atoms with Crippen molar-refractivity contribution in [3.05, 3.63) is 0 Å². The maximum Gasteiger partial charge on any atom is 0.158 e. The molecule has 0 bridgehead atoms. The topological polar surface area (TPSA) is 31.2 Å². The molecular weight excluding hydrogens is 373 g/mol. The Labute approximate surface area is 162 Å². The molecule has 0 rings (SSSR count). The van der Waals surface area contributed by atoms with Crippen LogP contribution in [0.3, 0.4) is 0 Å². The van der Waals surface area contributed by atoms with E-state index in [0.717, 1.165) is 19.3 Å². The minimum Gasteiger partial charge on any atom is -0.350 e. The van der Waals surface area contributed by atoms with Gasteiger partial charge in [0.15, 0.2) is 32.9 Å². The third-order valence-corrected chi connectivity index (χ3v) is 17.2. The summed E-state index contributed by atoms with van der Waals surface area (Å²) in [4.78, 5) is 0. The van der Waals surface area contributed by atoms with E-state index in [0.29, 0.717) is 0 Å². The normalized spacial score (nSPS) is 14.6. The van der Waals surface area contributed by atoms with Gasteiger partial charge in [0.25, 0.3) is 0 Å². The summed E-state index contributed by atoms with van der Waals surface area (Å²) in [7, 11) is -5.52. The lowest BCUT2D eigenvalue weighted by Gasteiger charge is -2.41. The van der Waals surface area contributed by atoms with Crippen LogP contribution in [0, 0.1) is 0 Å². The average Bonchev–Trinajstić information content (AvgIpc) is 2.30. The Morgan fingerprint density at radius 3 is 0.960 bits per heavy atom. The van der Waals surface area contributed by atoms with Crippen LogP contribution in [0.4, 0.5) is 0 Å². The van der Waals surface area contributed by atoms with E-state index in [1.54, 1.807) is 0 Å². The molecule has 0 aromatic carbocycles. The maximum atomic E-state index is 4.87. The van der Waals surface area contributed by atoms with Crippen molar-refractivity contribution in [1.82, 2.24) is 8.68 Å². The van der Waals surface area contributed by atoms with E-state index in [2.05, 4.69) is 99.7 Å². The first kappa shape index (κ1) is 24.8. The van der Waals surface area contributed by atoms with Crippen molar-refractivity contribution in [2.45, 2.75) is 97.8 Å². The van der Waals surface area contributed by atoms with Crippen LogP contribution >= 0.6 is 0 Å². The second-order valence-electron chi connectivity index (χ2n) is 10.8. The molecule has 0 unspecified atom stereocenters. The van der Waals surface area contributed by atoms with Crippen LogP contribution in [-0.2, 0) is 0 Å². The molecular formula is C17H44N4Si4. The highest BCUT2D eigenvalue weighted by Crippen LogP contribution is 2.21. The molecule has 0 saturated carbocycles. The molecule has 0 heterocycles. The van der Waals surface area contributed by atoms with Crippen LogP contribution in [0.5, 0.6) is 0 Å². The first-order valence-electron chi connectivity index (χ1n) is 9.63. The summed E-state index contributed by atoms with van der Waals surface area (Å²) in [6.07, 6.45) is 7.48. The van der Waals surface area contributed by atoms with Gasteiger partial charge in [-0.15, -0.1) is 0 Å². The van der Waals surface area contributed by atoms with Gasteiger partial charge < -0.3 is 8.68 Å². The standard InChI is InChI=1S/C17H44N4Si4/c1-22(2,3)20(23(4,5)6)18-16-14-13-15-17-19-21(24(7,8)9)25(10,11)12/h16-17H,13-15H2,1-12H3. The molecule has 0 aliphatic heterocycles. The number of rotatable bonds is 10. The molecule has 4 nitrogen and oxygen atoms in total. The molecule has 0 aromatic rings. The third-order valence-electron chi connectivity index (χ3n) is 3.60. The third kappa shape index (κ3) is 9.91. The Hall–Kier alpha value is -0.192. The number of nitrogens with zero attached hydrogens (tertiary/aromatic N) is 4. The van der Waals surface area contributed by atoms with Crippen LogP contribution in [0.2, 0.25) is 78.6 Å². The molecule has 0 N–H and O–H groups in total. The van der Waals surface area contributed by atoms with Crippen molar-refractivity contribution in [3.63, 3.8) is 0 Å². The summed E-state index contributed by atoms with van der Waals surface area (Å²) in [6.45, 7) is 28.6. The molecule has 0 fully saturated rings. The Morgan fingerprint density at radius 1 is 0.520 bits per heavy atom. The van der Waals surface area contributed by atoms with E-state index in [1.165, 1.54) is 0 Å². The fourth-order valence-electron chi connectivity index (χ4n) is 3.28. The van der Waals surface area contributed by atoms with Crippen LogP contribution in [0.1, 0.15) is 19.3 Å². The summed E-state index contributed by atoms with van der Waals surface area (Å²) in [5.41, 5.74) is 0. The second kappa shape index (κ2) is 9.14. The molecule has 0 aliphatic carbocycles. The van der Waals surface area contributed by atoms with Gasteiger partial charge in [-0.3, -0.25) is 0 Å². The number of hydrogen-bond acceptors (Lipinski definition) is 4. The summed E-state index contributed by atoms with van der Waals surface area (Å²) in [5, 5.41) is 9.74. The van der Waals surface area contributed by atoms with Gasteiger partial charge in [-0.05, 0) is 19.3 Å². The quantitative estimate of drug-likeness (QED) is 0.187. The van der Waals surface area contributed by atoms with E-state index in [1.807, 2.05) is 0 Å². The minimum absolute atomic E-state index is 1.04. The van der Waals surface area contributed by atoms with Crippen molar-refractivity contribution in [1.29, 1.82) is 0 Å². The Bertz CT molecular complexity index is 381. The van der Waals surface area contributed by atoms with Gasteiger partial charge in [-0.25, -0.2) is 10.2 Å². The SMILES string of the molecule is C[Si](C)(C)N(N=CCCCC=NN([Si](C)(C)C)[Si](C)(C)C)[Si](C)(C)C. The van der Waals surface area contributed by atoms with Crippen molar-refractivity contribution in [2.75, 3.05) is 0 Å². The first-order valence-corrected chi connectivity index (χ1v) is 23.4. The van der Waals surface area contributed by atoms with E-state index in [9.17, 15) is 0 Å². The lowest BCUT2D eigenvalue weighted by molar-refractivity contribution is 0.663. The second-order valence-corrected chi connectivity index (χ2v) is 30.8. The highest BCUT2D eigenvalue weighted by Gasteiger charge is 2.34. The zero-order valence-corrected chi connectivity index (χ0v) is 23.1. The summed E-state index contributed by atoms with van der Waals surface area (Å²) >= 11 is 0. The van der Waals surface area contributed by atoms with Gasteiger partial charge >= 0.3 is 0 Å². The number of hydrazone groups is 2. The maximum absolute atomic E-state index is 4.87. The predicted molar refractivity (Wildman–Crippen MR) is 128 cm³/mol. The monoisotopic (exact) mass is 416 g/mol. The van der Waals surface area contributed by atoms with E-state index < -0.39 is 32.9 Å². The van der Waals surface area contributed by atoms with E-state index >= 15 is 0 Å². The van der Waals surface area contributed by atoms with Gasteiger partial charge in [-0.2, -0.15) is 0 Å². The predicted octanol–water partition coefficient (Wildman–Crippen LogP) is 6.07. The summed E-state index contributed by atoms with van der Waals surface area (Å²) < 4.78 is 4.96. The van der Waals surface area contributed by atoms with E-state index in [-0.39, 0.29) is 0 Å². The molecule has 25 heavy (non-hydrogen) atoms. The summed E-state index contributed by atoms with van der Waals surface area (Å²) in [5.74, 6) is 0. The number of unbranched alkanes of at least 4 members (excludes halogenated alkanes) is 2. The van der Waals surface area contributed by atoms with Gasteiger partial charge in [0.05, 0.1) is 0 Å². The highest BCUT2D eigenvalue weighted by molar-refractivity contribution is 6.90. The molecule has 0 amide bonds. The molecule has 0 saturated heterocycles. The highest BCUT2D eigenvalue weighted by atomic mass is 28.4.